The SMILES string of the molecule is COc1ccc(CNc2nccc(-c3[nH]c(C4CCNCC4)nc3-c3cccc(C(F)(F)F)c3)n2)cc1. The van der Waals surface area contributed by atoms with E-state index in [1.165, 1.54) is 6.07 Å². The van der Waals surface area contributed by atoms with Crippen molar-refractivity contribution < 1.29 is 17.9 Å². The number of halogens is 3. The predicted molar refractivity (Wildman–Crippen MR) is 135 cm³/mol. The van der Waals surface area contributed by atoms with Crippen molar-refractivity contribution in [2.24, 2.45) is 0 Å². The van der Waals surface area contributed by atoms with E-state index in [1.54, 1.807) is 25.4 Å². The van der Waals surface area contributed by atoms with Gasteiger partial charge < -0.3 is 20.4 Å². The highest BCUT2D eigenvalue weighted by Crippen LogP contribution is 2.36. The van der Waals surface area contributed by atoms with Crippen LogP contribution in [0.3, 0.4) is 0 Å². The molecule has 3 N–H and O–H groups in total. The van der Waals surface area contributed by atoms with Gasteiger partial charge in [-0.25, -0.2) is 15.0 Å². The number of nitrogens with one attached hydrogen (secondary N) is 3. The molecule has 0 atom stereocenters. The van der Waals surface area contributed by atoms with Crippen LogP contribution in [-0.4, -0.2) is 40.1 Å². The number of piperidine rings is 1. The van der Waals surface area contributed by atoms with E-state index >= 15 is 0 Å². The van der Waals surface area contributed by atoms with Crippen LogP contribution in [0.2, 0.25) is 0 Å². The molecule has 37 heavy (non-hydrogen) atoms. The molecule has 5 rings (SSSR count). The second kappa shape index (κ2) is 10.6. The molecule has 1 aliphatic heterocycles. The van der Waals surface area contributed by atoms with Gasteiger partial charge in [-0.3, -0.25) is 0 Å². The first kappa shape index (κ1) is 24.8. The minimum atomic E-state index is -4.45. The topological polar surface area (TPSA) is 87.8 Å². The van der Waals surface area contributed by atoms with Gasteiger partial charge in [0.15, 0.2) is 0 Å². The van der Waals surface area contributed by atoms with Crippen molar-refractivity contribution in [2.75, 3.05) is 25.5 Å². The van der Waals surface area contributed by atoms with Crippen LogP contribution in [0.1, 0.15) is 35.7 Å². The summed E-state index contributed by atoms with van der Waals surface area (Å²) in [5, 5.41) is 6.54. The number of hydrogen-bond acceptors (Lipinski definition) is 6. The standard InChI is InChI=1S/C27H27F3N6O/c1-37-21-7-5-17(6-8-21)16-33-26-32-14-11-22(34-26)24-23(19-3-2-4-20(15-19)27(28,29)30)35-25(36-24)18-9-12-31-13-10-18/h2-8,11,14-15,18,31H,9-10,12-13,16H2,1H3,(H,35,36)(H,32,33,34). The number of aromatic amines is 1. The van der Waals surface area contributed by atoms with Gasteiger partial charge in [0.25, 0.3) is 0 Å². The zero-order chi connectivity index (χ0) is 25.8. The maximum atomic E-state index is 13.5. The van der Waals surface area contributed by atoms with Crippen molar-refractivity contribution >= 4 is 5.95 Å². The van der Waals surface area contributed by atoms with Gasteiger partial charge >= 0.3 is 6.18 Å². The van der Waals surface area contributed by atoms with Crippen molar-refractivity contribution in [1.82, 2.24) is 25.3 Å². The molecule has 0 amide bonds. The molecule has 0 radical (unpaired) electrons. The fourth-order valence-electron chi connectivity index (χ4n) is 4.42. The molecule has 0 unspecified atom stereocenters. The van der Waals surface area contributed by atoms with Crippen LogP contribution in [0.4, 0.5) is 19.1 Å². The van der Waals surface area contributed by atoms with Crippen LogP contribution < -0.4 is 15.4 Å². The molecule has 7 nitrogen and oxygen atoms in total. The van der Waals surface area contributed by atoms with E-state index in [0.717, 1.165) is 55.2 Å². The second-order valence-electron chi connectivity index (χ2n) is 8.92. The molecule has 2 aromatic carbocycles. The number of imidazole rings is 1. The lowest BCUT2D eigenvalue weighted by molar-refractivity contribution is -0.137. The van der Waals surface area contributed by atoms with Gasteiger partial charge in [-0.15, -0.1) is 0 Å². The molecule has 192 valence electrons. The van der Waals surface area contributed by atoms with Crippen LogP contribution in [0, 0.1) is 0 Å². The number of aromatic nitrogens is 4. The summed E-state index contributed by atoms with van der Waals surface area (Å²) in [6.07, 6.45) is -1.03. The van der Waals surface area contributed by atoms with Crippen molar-refractivity contribution in [1.29, 1.82) is 0 Å². The number of nitrogens with zero attached hydrogens (tertiary/aromatic N) is 3. The molecule has 2 aromatic heterocycles. The molecule has 0 spiro atoms. The molecule has 1 saturated heterocycles. The Hall–Kier alpha value is -3.92. The first-order valence-electron chi connectivity index (χ1n) is 12.1. The predicted octanol–water partition coefficient (Wildman–Crippen LogP) is 5.64. The Morgan fingerprint density at radius 2 is 1.81 bits per heavy atom. The number of alkyl halides is 3. The van der Waals surface area contributed by atoms with Crippen LogP contribution in [0.5, 0.6) is 5.75 Å². The second-order valence-corrected chi connectivity index (χ2v) is 8.92. The minimum absolute atomic E-state index is 0.189. The summed E-state index contributed by atoms with van der Waals surface area (Å²) < 4.78 is 45.6. The first-order chi connectivity index (χ1) is 17.9. The van der Waals surface area contributed by atoms with E-state index in [9.17, 15) is 13.2 Å². The van der Waals surface area contributed by atoms with E-state index in [2.05, 4.69) is 25.6 Å². The number of H-pyrrole nitrogens is 1. The van der Waals surface area contributed by atoms with Crippen LogP contribution in [0.25, 0.3) is 22.6 Å². The number of hydrogen-bond donors (Lipinski definition) is 3. The number of methoxy groups -OCH3 is 1. The lowest BCUT2D eigenvalue weighted by atomic mass is 9.98. The van der Waals surface area contributed by atoms with Gasteiger partial charge in [-0.2, -0.15) is 13.2 Å². The number of ether oxygens (including phenoxy) is 1. The summed E-state index contributed by atoms with van der Waals surface area (Å²) in [6.45, 7) is 2.23. The quantitative estimate of drug-likeness (QED) is 0.300. The Morgan fingerprint density at radius 3 is 2.54 bits per heavy atom. The molecule has 0 bridgehead atoms. The summed E-state index contributed by atoms with van der Waals surface area (Å²) in [5.74, 6) is 2.12. The van der Waals surface area contributed by atoms with Crippen molar-refractivity contribution in [3.63, 3.8) is 0 Å². The zero-order valence-electron chi connectivity index (χ0n) is 20.3. The average molecular weight is 509 g/mol. The van der Waals surface area contributed by atoms with Crippen LogP contribution in [0.15, 0.2) is 60.8 Å². The third-order valence-corrected chi connectivity index (χ3v) is 6.43. The van der Waals surface area contributed by atoms with Crippen molar-refractivity contribution in [2.45, 2.75) is 31.5 Å². The molecule has 4 aromatic rings. The number of rotatable bonds is 7. The van der Waals surface area contributed by atoms with Crippen LogP contribution >= 0.6 is 0 Å². The Kier molecular flexibility index (Phi) is 7.09. The highest BCUT2D eigenvalue weighted by atomic mass is 19.4. The molecule has 1 aliphatic rings. The summed E-state index contributed by atoms with van der Waals surface area (Å²) in [4.78, 5) is 17.2. The van der Waals surface area contributed by atoms with E-state index < -0.39 is 11.7 Å². The Bertz CT molecular complexity index is 1350. The molecular formula is C27H27F3N6O. The molecule has 0 aliphatic carbocycles. The maximum absolute atomic E-state index is 13.5. The van der Waals surface area contributed by atoms with Gasteiger partial charge in [0.05, 0.1) is 29.8 Å². The first-order valence-corrected chi connectivity index (χ1v) is 12.1. The highest BCUT2D eigenvalue weighted by molar-refractivity contribution is 5.77. The lowest BCUT2D eigenvalue weighted by Gasteiger charge is -2.20. The molecule has 0 saturated carbocycles. The Labute approximate surface area is 212 Å². The van der Waals surface area contributed by atoms with Gasteiger partial charge in [-0.05, 0) is 61.8 Å². The normalized spacial score (nSPS) is 14.5. The number of anilines is 1. The van der Waals surface area contributed by atoms with E-state index in [-0.39, 0.29) is 5.92 Å². The van der Waals surface area contributed by atoms with Crippen molar-refractivity contribution in [3.05, 3.63) is 77.7 Å². The lowest BCUT2D eigenvalue weighted by Crippen LogP contribution is -2.27. The highest BCUT2D eigenvalue weighted by Gasteiger charge is 2.31. The largest absolute Gasteiger partial charge is 0.497 e. The van der Waals surface area contributed by atoms with Crippen molar-refractivity contribution in [3.8, 4) is 28.4 Å². The van der Waals surface area contributed by atoms with Crippen LogP contribution in [-0.2, 0) is 12.7 Å². The Balaban J connectivity index is 1.48. The molecule has 1 fully saturated rings. The Morgan fingerprint density at radius 1 is 1.03 bits per heavy atom. The van der Waals surface area contributed by atoms with Gasteiger partial charge in [0, 0.05) is 24.2 Å². The monoisotopic (exact) mass is 508 g/mol. The molecular weight excluding hydrogens is 481 g/mol. The average Bonchev–Trinajstić information content (AvgIpc) is 3.38. The molecule has 3 heterocycles. The van der Waals surface area contributed by atoms with E-state index in [1.807, 2.05) is 24.3 Å². The number of benzene rings is 2. The smallest absolute Gasteiger partial charge is 0.416 e. The summed E-state index contributed by atoms with van der Waals surface area (Å²) in [7, 11) is 1.62. The molecule has 10 heteroatoms. The summed E-state index contributed by atoms with van der Waals surface area (Å²) >= 11 is 0. The van der Waals surface area contributed by atoms with Gasteiger partial charge in [0.2, 0.25) is 5.95 Å². The summed E-state index contributed by atoms with van der Waals surface area (Å²) in [5.41, 5.74) is 2.25. The maximum Gasteiger partial charge on any atom is 0.416 e. The van der Waals surface area contributed by atoms with Gasteiger partial charge in [0.1, 0.15) is 11.6 Å². The third-order valence-electron chi connectivity index (χ3n) is 6.43. The fraction of sp³-hybridized carbons (Fsp3) is 0.296. The van der Waals surface area contributed by atoms with E-state index in [4.69, 9.17) is 9.72 Å². The fourth-order valence-corrected chi connectivity index (χ4v) is 4.42. The minimum Gasteiger partial charge on any atom is -0.497 e. The van der Waals surface area contributed by atoms with Gasteiger partial charge in [-0.1, -0.05) is 24.3 Å². The summed E-state index contributed by atoms with van der Waals surface area (Å²) in [6, 6.07) is 14.6. The third kappa shape index (κ3) is 5.75. The van der Waals surface area contributed by atoms with E-state index in [0.29, 0.717) is 35.1 Å². The zero-order valence-corrected chi connectivity index (χ0v) is 20.3.